The SMILES string of the molecule is CCc1cnc(CNC(=NC)NCCN(C)C2CCCC2)s1.I. The van der Waals surface area contributed by atoms with Crippen LogP contribution in [0.5, 0.6) is 0 Å². The second-order valence-corrected chi connectivity index (χ2v) is 7.05. The highest BCUT2D eigenvalue weighted by Gasteiger charge is 2.18. The number of guanidine groups is 1. The van der Waals surface area contributed by atoms with Crippen LogP contribution in [0.15, 0.2) is 11.2 Å². The van der Waals surface area contributed by atoms with Gasteiger partial charge in [-0.3, -0.25) is 4.99 Å². The molecule has 132 valence electrons. The third-order valence-electron chi connectivity index (χ3n) is 4.29. The fraction of sp³-hybridized carbons (Fsp3) is 0.750. The van der Waals surface area contributed by atoms with Gasteiger partial charge in [0.05, 0.1) is 6.54 Å². The summed E-state index contributed by atoms with van der Waals surface area (Å²) >= 11 is 1.77. The fourth-order valence-corrected chi connectivity index (χ4v) is 3.65. The maximum atomic E-state index is 4.42. The summed E-state index contributed by atoms with van der Waals surface area (Å²) in [4.78, 5) is 12.5. The van der Waals surface area contributed by atoms with Crippen LogP contribution >= 0.6 is 35.3 Å². The Hall–Kier alpha value is -0.410. The van der Waals surface area contributed by atoms with Crippen molar-refractivity contribution in [3.8, 4) is 0 Å². The van der Waals surface area contributed by atoms with Crippen LogP contribution in [0.25, 0.3) is 0 Å². The minimum Gasteiger partial charge on any atom is -0.355 e. The van der Waals surface area contributed by atoms with E-state index < -0.39 is 0 Å². The Bertz CT molecular complexity index is 471. The maximum Gasteiger partial charge on any atom is 0.191 e. The zero-order valence-corrected chi connectivity index (χ0v) is 17.6. The fourth-order valence-electron chi connectivity index (χ4n) is 2.85. The van der Waals surface area contributed by atoms with E-state index in [9.17, 15) is 0 Å². The number of likely N-dealkylation sites (N-methyl/N-ethyl adjacent to an activating group) is 1. The summed E-state index contributed by atoms with van der Waals surface area (Å²) in [5.74, 6) is 0.855. The van der Waals surface area contributed by atoms with E-state index in [4.69, 9.17) is 0 Å². The number of nitrogens with one attached hydrogen (secondary N) is 2. The highest BCUT2D eigenvalue weighted by molar-refractivity contribution is 14.0. The van der Waals surface area contributed by atoms with E-state index in [1.807, 2.05) is 13.2 Å². The van der Waals surface area contributed by atoms with Crippen LogP contribution in [0.4, 0.5) is 0 Å². The smallest absolute Gasteiger partial charge is 0.191 e. The van der Waals surface area contributed by atoms with Crippen molar-refractivity contribution in [1.29, 1.82) is 0 Å². The normalized spacial score (nSPS) is 15.7. The second kappa shape index (κ2) is 11.2. The van der Waals surface area contributed by atoms with Gasteiger partial charge in [0.1, 0.15) is 5.01 Å². The summed E-state index contributed by atoms with van der Waals surface area (Å²) in [5, 5.41) is 7.84. The van der Waals surface area contributed by atoms with E-state index in [0.29, 0.717) is 0 Å². The van der Waals surface area contributed by atoms with Crippen LogP contribution in [0.3, 0.4) is 0 Å². The van der Waals surface area contributed by atoms with E-state index in [-0.39, 0.29) is 24.0 Å². The van der Waals surface area contributed by atoms with E-state index in [2.05, 4.69) is 39.5 Å². The van der Waals surface area contributed by atoms with Crippen molar-refractivity contribution in [3.05, 3.63) is 16.1 Å². The van der Waals surface area contributed by atoms with Gasteiger partial charge in [0, 0.05) is 37.3 Å². The molecule has 2 N–H and O–H groups in total. The Morgan fingerprint density at radius 1 is 1.39 bits per heavy atom. The lowest BCUT2D eigenvalue weighted by Crippen LogP contribution is -2.42. The van der Waals surface area contributed by atoms with Crippen molar-refractivity contribution >= 4 is 41.3 Å². The molecule has 0 unspecified atom stereocenters. The van der Waals surface area contributed by atoms with Crippen LogP contribution in [0.1, 0.15) is 42.5 Å². The van der Waals surface area contributed by atoms with Gasteiger partial charge in [0.25, 0.3) is 0 Å². The monoisotopic (exact) mass is 451 g/mol. The van der Waals surface area contributed by atoms with Crippen LogP contribution in [0.2, 0.25) is 0 Å². The lowest BCUT2D eigenvalue weighted by atomic mass is 10.2. The van der Waals surface area contributed by atoms with Crippen molar-refractivity contribution in [2.24, 2.45) is 4.99 Å². The Labute approximate surface area is 161 Å². The minimum absolute atomic E-state index is 0. The number of aliphatic imine (C=N–C) groups is 1. The molecule has 0 radical (unpaired) electrons. The molecule has 23 heavy (non-hydrogen) atoms. The zero-order chi connectivity index (χ0) is 15.8. The first-order chi connectivity index (χ1) is 10.7. The Kier molecular flexibility index (Phi) is 10.0. The lowest BCUT2D eigenvalue weighted by Gasteiger charge is -2.24. The number of nitrogens with zero attached hydrogens (tertiary/aromatic N) is 3. The van der Waals surface area contributed by atoms with Gasteiger partial charge in [0.2, 0.25) is 0 Å². The Morgan fingerprint density at radius 2 is 2.13 bits per heavy atom. The number of aromatic nitrogens is 1. The van der Waals surface area contributed by atoms with Gasteiger partial charge in [-0.15, -0.1) is 35.3 Å². The van der Waals surface area contributed by atoms with Crippen molar-refractivity contribution < 1.29 is 0 Å². The highest BCUT2D eigenvalue weighted by Crippen LogP contribution is 2.21. The van der Waals surface area contributed by atoms with E-state index in [1.54, 1.807) is 11.3 Å². The summed E-state index contributed by atoms with van der Waals surface area (Å²) in [6.45, 7) is 4.88. The molecule has 0 aliphatic heterocycles. The molecule has 0 saturated heterocycles. The molecule has 1 heterocycles. The molecule has 0 spiro atoms. The molecule has 2 rings (SSSR count). The van der Waals surface area contributed by atoms with Gasteiger partial charge in [-0.1, -0.05) is 19.8 Å². The van der Waals surface area contributed by atoms with Crippen LogP contribution in [-0.4, -0.2) is 49.1 Å². The zero-order valence-electron chi connectivity index (χ0n) is 14.5. The largest absolute Gasteiger partial charge is 0.355 e. The highest BCUT2D eigenvalue weighted by atomic mass is 127. The summed E-state index contributed by atoms with van der Waals surface area (Å²) in [6.07, 6.45) is 8.51. The maximum absolute atomic E-state index is 4.42. The van der Waals surface area contributed by atoms with Gasteiger partial charge >= 0.3 is 0 Å². The number of halogens is 1. The van der Waals surface area contributed by atoms with Gasteiger partial charge < -0.3 is 15.5 Å². The number of hydrogen-bond donors (Lipinski definition) is 2. The minimum atomic E-state index is 0. The van der Waals surface area contributed by atoms with Crippen molar-refractivity contribution in [2.75, 3.05) is 27.2 Å². The molecule has 1 aromatic heterocycles. The topological polar surface area (TPSA) is 52.6 Å². The molecular weight excluding hydrogens is 421 g/mol. The third-order valence-corrected chi connectivity index (χ3v) is 5.43. The van der Waals surface area contributed by atoms with Gasteiger partial charge in [-0.25, -0.2) is 4.98 Å². The number of thiazole rings is 1. The van der Waals surface area contributed by atoms with E-state index in [0.717, 1.165) is 43.1 Å². The van der Waals surface area contributed by atoms with Crippen LogP contribution in [-0.2, 0) is 13.0 Å². The average molecular weight is 451 g/mol. The molecular formula is C16H30IN5S. The van der Waals surface area contributed by atoms with E-state index >= 15 is 0 Å². The summed E-state index contributed by atoms with van der Waals surface area (Å²) in [6, 6.07) is 0.777. The molecule has 0 atom stereocenters. The second-order valence-electron chi connectivity index (χ2n) is 5.85. The number of rotatable bonds is 7. The van der Waals surface area contributed by atoms with Crippen molar-refractivity contribution in [2.45, 2.75) is 51.6 Å². The number of aryl methyl sites for hydroxylation is 1. The van der Waals surface area contributed by atoms with Crippen LogP contribution < -0.4 is 10.6 Å². The van der Waals surface area contributed by atoms with Crippen molar-refractivity contribution in [1.82, 2.24) is 20.5 Å². The Morgan fingerprint density at radius 3 is 2.74 bits per heavy atom. The summed E-state index contributed by atoms with van der Waals surface area (Å²) in [7, 11) is 4.05. The molecule has 0 amide bonds. The van der Waals surface area contributed by atoms with Gasteiger partial charge in [-0.05, 0) is 26.3 Å². The first-order valence-corrected chi connectivity index (χ1v) is 9.13. The molecule has 1 aliphatic rings. The Balaban J connectivity index is 0.00000264. The molecule has 1 aliphatic carbocycles. The average Bonchev–Trinajstić information content (AvgIpc) is 3.21. The van der Waals surface area contributed by atoms with Gasteiger partial charge in [-0.2, -0.15) is 0 Å². The quantitative estimate of drug-likeness (QED) is 0.381. The molecule has 0 bridgehead atoms. The number of hydrogen-bond acceptors (Lipinski definition) is 4. The predicted octanol–water partition coefficient (Wildman–Crippen LogP) is 2.86. The molecule has 5 nitrogen and oxygen atoms in total. The molecule has 7 heteroatoms. The molecule has 1 saturated carbocycles. The molecule has 1 aromatic rings. The summed E-state index contributed by atoms with van der Waals surface area (Å²) < 4.78 is 0. The van der Waals surface area contributed by atoms with E-state index in [1.165, 1.54) is 30.6 Å². The van der Waals surface area contributed by atoms with Crippen molar-refractivity contribution in [3.63, 3.8) is 0 Å². The lowest BCUT2D eigenvalue weighted by molar-refractivity contribution is 0.249. The third kappa shape index (κ3) is 6.93. The molecule has 1 fully saturated rings. The first-order valence-electron chi connectivity index (χ1n) is 8.31. The standard InChI is InChI=1S/C16H29N5S.HI/c1-4-14-11-19-15(22-14)12-20-16(17-2)18-9-10-21(3)13-7-5-6-8-13;/h11,13H,4-10,12H2,1-3H3,(H2,17,18,20);1H. The first kappa shape index (κ1) is 20.6. The van der Waals surface area contributed by atoms with Gasteiger partial charge in [0.15, 0.2) is 5.96 Å². The van der Waals surface area contributed by atoms with Crippen LogP contribution in [0, 0.1) is 0 Å². The predicted molar refractivity (Wildman–Crippen MR) is 110 cm³/mol. The molecule has 0 aromatic carbocycles. The summed E-state index contributed by atoms with van der Waals surface area (Å²) in [5.41, 5.74) is 0.